The summed E-state index contributed by atoms with van der Waals surface area (Å²) < 4.78 is 5.77. The first kappa shape index (κ1) is 18.8. The highest BCUT2D eigenvalue weighted by Gasteiger charge is 2.25. The van der Waals surface area contributed by atoms with Gasteiger partial charge in [0.2, 0.25) is 5.91 Å². The molecule has 0 aromatic heterocycles. The van der Waals surface area contributed by atoms with E-state index in [2.05, 4.69) is 5.32 Å². The Balaban J connectivity index is 0.00000242. The third-order valence-electron chi connectivity index (χ3n) is 4.24. The lowest BCUT2D eigenvalue weighted by molar-refractivity contribution is -0.122. The predicted molar refractivity (Wildman–Crippen MR) is 91.6 cm³/mol. The molecular formula is C17H27ClN2O2. The number of carbonyl (C=O) groups excluding carboxylic acids is 1. The van der Waals surface area contributed by atoms with Crippen molar-refractivity contribution in [2.75, 3.05) is 13.2 Å². The van der Waals surface area contributed by atoms with Crippen LogP contribution in [0.1, 0.15) is 36.8 Å². The monoisotopic (exact) mass is 326 g/mol. The van der Waals surface area contributed by atoms with Gasteiger partial charge in [-0.15, -0.1) is 12.4 Å². The number of nitrogens with two attached hydrogens (primary N) is 1. The SMILES string of the molecule is Cc1cccc(C)c1OCCNC(=O)C[C@@H]1CCC[C@H]1N.Cl. The van der Waals surface area contributed by atoms with Crippen molar-refractivity contribution in [1.29, 1.82) is 0 Å². The number of para-hydroxylation sites is 1. The van der Waals surface area contributed by atoms with E-state index >= 15 is 0 Å². The maximum atomic E-state index is 11.9. The van der Waals surface area contributed by atoms with Gasteiger partial charge in [0.1, 0.15) is 12.4 Å². The van der Waals surface area contributed by atoms with Gasteiger partial charge in [-0.2, -0.15) is 0 Å². The zero-order chi connectivity index (χ0) is 15.2. The Labute approximate surface area is 139 Å². The fourth-order valence-electron chi connectivity index (χ4n) is 3.00. The van der Waals surface area contributed by atoms with Gasteiger partial charge in [0.15, 0.2) is 0 Å². The molecule has 1 amide bonds. The summed E-state index contributed by atoms with van der Waals surface area (Å²) in [6.45, 7) is 5.09. The van der Waals surface area contributed by atoms with Crippen LogP contribution < -0.4 is 15.8 Å². The van der Waals surface area contributed by atoms with Crippen LogP contribution in [-0.2, 0) is 4.79 Å². The van der Waals surface area contributed by atoms with Gasteiger partial charge in [0.25, 0.3) is 0 Å². The third-order valence-corrected chi connectivity index (χ3v) is 4.24. The smallest absolute Gasteiger partial charge is 0.220 e. The Morgan fingerprint density at radius 2 is 2.00 bits per heavy atom. The van der Waals surface area contributed by atoms with Gasteiger partial charge in [-0.3, -0.25) is 4.79 Å². The number of hydrogen-bond acceptors (Lipinski definition) is 3. The number of amides is 1. The fraction of sp³-hybridized carbons (Fsp3) is 0.588. The highest BCUT2D eigenvalue weighted by atomic mass is 35.5. The van der Waals surface area contributed by atoms with E-state index < -0.39 is 0 Å². The van der Waals surface area contributed by atoms with E-state index in [9.17, 15) is 4.79 Å². The Morgan fingerprint density at radius 1 is 1.32 bits per heavy atom. The molecule has 3 N–H and O–H groups in total. The van der Waals surface area contributed by atoms with Crippen molar-refractivity contribution in [3.63, 3.8) is 0 Å². The normalized spacial score (nSPS) is 20.3. The number of halogens is 1. The van der Waals surface area contributed by atoms with Crippen LogP contribution in [-0.4, -0.2) is 25.1 Å². The van der Waals surface area contributed by atoms with Gasteiger partial charge in [-0.25, -0.2) is 0 Å². The number of benzene rings is 1. The number of rotatable bonds is 6. The van der Waals surface area contributed by atoms with Gasteiger partial charge in [-0.1, -0.05) is 24.6 Å². The summed E-state index contributed by atoms with van der Waals surface area (Å²) in [7, 11) is 0. The molecule has 1 aliphatic carbocycles. The lowest BCUT2D eigenvalue weighted by Crippen LogP contribution is -2.33. The van der Waals surface area contributed by atoms with E-state index in [4.69, 9.17) is 10.5 Å². The second-order valence-corrected chi connectivity index (χ2v) is 5.98. The second-order valence-electron chi connectivity index (χ2n) is 5.98. The molecule has 1 saturated carbocycles. The van der Waals surface area contributed by atoms with Crippen LogP contribution in [0.2, 0.25) is 0 Å². The van der Waals surface area contributed by atoms with Crippen molar-refractivity contribution in [2.24, 2.45) is 11.7 Å². The lowest BCUT2D eigenvalue weighted by atomic mass is 10.00. The summed E-state index contributed by atoms with van der Waals surface area (Å²) in [5.74, 6) is 1.36. The molecule has 0 heterocycles. The minimum atomic E-state index is 0. The van der Waals surface area contributed by atoms with Crippen molar-refractivity contribution < 1.29 is 9.53 Å². The van der Waals surface area contributed by atoms with E-state index in [0.29, 0.717) is 25.5 Å². The summed E-state index contributed by atoms with van der Waals surface area (Å²) in [6.07, 6.45) is 3.82. The number of nitrogens with one attached hydrogen (secondary N) is 1. The number of carbonyl (C=O) groups is 1. The van der Waals surface area contributed by atoms with Gasteiger partial charge in [0, 0.05) is 12.5 Å². The first-order valence-corrected chi connectivity index (χ1v) is 7.79. The molecular weight excluding hydrogens is 300 g/mol. The molecule has 1 aromatic carbocycles. The molecule has 1 aliphatic rings. The topological polar surface area (TPSA) is 64.3 Å². The number of hydrogen-bond donors (Lipinski definition) is 2. The van der Waals surface area contributed by atoms with E-state index in [1.165, 1.54) is 0 Å². The summed E-state index contributed by atoms with van der Waals surface area (Å²) in [5, 5.41) is 2.92. The molecule has 22 heavy (non-hydrogen) atoms. The van der Waals surface area contributed by atoms with E-state index in [0.717, 1.165) is 36.1 Å². The van der Waals surface area contributed by atoms with Crippen molar-refractivity contribution >= 4 is 18.3 Å². The quantitative estimate of drug-likeness (QED) is 0.790. The Kier molecular flexibility index (Phi) is 7.69. The maximum Gasteiger partial charge on any atom is 0.220 e. The third kappa shape index (κ3) is 5.18. The van der Waals surface area contributed by atoms with Crippen LogP contribution in [0.3, 0.4) is 0 Å². The molecule has 4 nitrogen and oxygen atoms in total. The Morgan fingerprint density at radius 3 is 2.59 bits per heavy atom. The highest BCUT2D eigenvalue weighted by Crippen LogP contribution is 2.26. The average molecular weight is 327 g/mol. The van der Waals surface area contributed by atoms with Gasteiger partial charge >= 0.3 is 0 Å². The summed E-state index contributed by atoms with van der Waals surface area (Å²) in [5.41, 5.74) is 8.23. The molecule has 2 atom stereocenters. The molecule has 0 saturated heterocycles. The van der Waals surface area contributed by atoms with E-state index in [1.807, 2.05) is 32.0 Å². The summed E-state index contributed by atoms with van der Waals surface area (Å²) in [6, 6.07) is 6.27. The van der Waals surface area contributed by atoms with E-state index in [1.54, 1.807) is 0 Å². The highest BCUT2D eigenvalue weighted by molar-refractivity contribution is 5.85. The summed E-state index contributed by atoms with van der Waals surface area (Å²) >= 11 is 0. The Bertz CT molecular complexity index is 473. The summed E-state index contributed by atoms with van der Waals surface area (Å²) in [4.78, 5) is 11.9. The van der Waals surface area contributed by atoms with Crippen LogP contribution in [0.15, 0.2) is 18.2 Å². The first-order valence-electron chi connectivity index (χ1n) is 7.79. The molecule has 0 spiro atoms. The Hall–Kier alpha value is -1.26. The fourth-order valence-corrected chi connectivity index (χ4v) is 3.00. The van der Waals surface area contributed by atoms with Crippen molar-refractivity contribution in [2.45, 2.75) is 45.6 Å². The van der Waals surface area contributed by atoms with E-state index in [-0.39, 0.29) is 24.4 Å². The minimum Gasteiger partial charge on any atom is -0.491 e. The van der Waals surface area contributed by atoms with Crippen molar-refractivity contribution in [3.8, 4) is 5.75 Å². The van der Waals surface area contributed by atoms with Crippen LogP contribution in [0.5, 0.6) is 5.75 Å². The molecule has 0 bridgehead atoms. The zero-order valence-corrected chi connectivity index (χ0v) is 14.2. The number of aryl methyl sites for hydroxylation is 2. The minimum absolute atomic E-state index is 0. The largest absolute Gasteiger partial charge is 0.491 e. The van der Waals surface area contributed by atoms with Gasteiger partial charge in [0.05, 0.1) is 6.54 Å². The molecule has 0 radical (unpaired) electrons. The average Bonchev–Trinajstić information content (AvgIpc) is 2.83. The molecule has 124 valence electrons. The number of ether oxygens (including phenoxy) is 1. The lowest BCUT2D eigenvalue weighted by Gasteiger charge is -2.15. The standard InChI is InChI=1S/C17H26N2O2.ClH/c1-12-5-3-6-13(2)17(12)21-10-9-19-16(20)11-14-7-4-8-15(14)18;/h3,5-6,14-15H,4,7-11,18H2,1-2H3,(H,19,20);1H/t14-,15+;/m0./s1. The zero-order valence-electron chi connectivity index (χ0n) is 13.4. The van der Waals surface area contributed by atoms with Crippen LogP contribution in [0, 0.1) is 19.8 Å². The van der Waals surface area contributed by atoms with Crippen LogP contribution in [0.25, 0.3) is 0 Å². The molecule has 1 aromatic rings. The molecule has 0 unspecified atom stereocenters. The van der Waals surface area contributed by atoms with Gasteiger partial charge < -0.3 is 15.8 Å². The van der Waals surface area contributed by atoms with Crippen molar-refractivity contribution in [1.82, 2.24) is 5.32 Å². The predicted octanol–water partition coefficient (Wildman–Crippen LogP) is 2.74. The molecule has 2 rings (SSSR count). The van der Waals surface area contributed by atoms with Crippen LogP contribution >= 0.6 is 12.4 Å². The van der Waals surface area contributed by atoms with Crippen LogP contribution in [0.4, 0.5) is 0 Å². The second kappa shape index (κ2) is 9.01. The maximum absolute atomic E-state index is 11.9. The van der Waals surface area contributed by atoms with Crippen molar-refractivity contribution in [3.05, 3.63) is 29.3 Å². The first-order chi connectivity index (χ1) is 10.1. The molecule has 0 aliphatic heterocycles. The molecule has 1 fully saturated rings. The molecule has 5 heteroatoms. The van der Waals surface area contributed by atoms with Gasteiger partial charge in [-0.05, 0) is 43.7 Å².